The largest absolute Gasteiger partial charge is 0.394 e. The third-order valence-electron chi connectivity index (χ3n) is 3.09. The smallest absolute Gasteiger partial charge is 0.254 e. The quantitative estimate of drug-likeness (QED) is 0.818. The fraction of sp³-hybridized carbons (Fsp3) is 0.571. The summed E-state index contributed by atoms with van der Waals surface area (Å²) >= 11 is 0. The van der Waals surface area contributed by atoms with E-state index in [1.165, 1.54) is 0 Å². The summed E-state index contributed by atoms with van der Waals surface area (Å²) in [6.45, 7) is 6.52. The van der Waals surface area contributed by atoms with Crippen LogP contribution < -0.4 is 5.32 Å². The van der Waals surface area contributed by atoms with E-state index < -0.39 is 0 Å². The standard InChI is InChI=1S/C14H23N3O2/c1-5-12-7-11(8-13(16-12)15-6-2)14(19)17(4)10(3)9-18/h7-8,10,18H,5-6,9H2,1-4H3,(H,15,16). The Hall–Kier alpha value is -1.62. The molecule has 0 radical (unpaired) electrons. The first-order valence-corrected chi connectivity index (χ1v) is 6.66. The van der Waals surface area contributed by atoms with Gasteiger partial charge in [0.25, 0.3) is 5.91 Å². The predicted molar refractivity (Wildman–Crippen MR) is 76.4 cm³/mol. The SMILES string of the molecule is CCNc1cc(C(=O)N(C)C(C)CO)cc(CC)n1. The lowest BCUT2D eigenvalue weighted by Gasteiger charge is -2.23. The summed E-state index contributed by atoms with van der Waals surface area (Å²) in [6, 6.07) is 3.36. The topological polar surface area (TPSA) is 65.5 Å². The summed E-state index contributed by atoms with van der Waals surface area (Å²) < 4.78 is 0. The van der Waals surface area contributed by atoms with Gasteiger partial charge in [-0.1, -0.05) is 6.92 Å². The van der Waals surface area contributed by atoms with Gasteiger partial charge in [-0.05, 0) is 32.4 Å². The van der Waals surface area contributed by atoms with Gasteiger partial charge in [-0.25, -0.2) is 4.98 Å². The Balaban J connectivity index is 3.04. The molecule has 2 N–H and O–H groups in total. The number of nitrogens with zero attached hydrogens (tertiary/aromatic N) is 2. The zero-order valence-electron chi connectivity index (χ0n) is 12.1. The number of aryl methyl sites for hydroxylation is 1. The average Bonchev–Trinajstić information content (AvgIpc) is 2.44. The van der Waals surface area contributed by atoms with Gasteiger partial charge < -0.3 is 15.3 Å². The summed E-state index contributed by atoms with van der Waals surface area (Å²) in [4.78, 5) is 18.3. The average molecular weight is 265 g/mol. The summed E-state index contributed by atoms with van der Waals surface area (Å²) in [5.74, 6) is 0.619. The molecule has 0 aliphatic heterocycles. The first kappa shape index (κ1) is 15.4. The first-order chi connectivity index (χ1) is 9.03. The normalized spacial score (nSPS) is 12.1. The number of aliphatic hydroxyl groups excluding tert-OH is 1. The number of aliphatic hydroxyl groups is 1. The number of hydrogen-bond acceptors (Lipinski definition) is 4. The van der Waals surface area contributed by atoms with Crippen molar-refractivity contribution >= 4 is 11.7 Å². The van der Waals surface area contributed by atoms with Gasteiger partial charge >= 0.3 is 0 Å². The lowest BCUT2D eigenvalue weighted by molar-refractivity contribution is 0.0682. The molecule has 0 bridgehead atoms. The molecule has 1 aromatic rings. The molecule has 1 rings (SSSR count). The number of carbonyl (C=O) groups excluding carboxylic acids is 1. The van der Waals surface area contributed by atoms with Gasteiger partial charge in [0.2, 0.25) is 0 Å². The van der Waals surface area contributed by atoms with Crippen LogP contribution in [0, 0.1) is 0 Å². The minimum absolute atomic E-state index is 0.0476. The van der Waals surface area contributed by atoms with Crippen LogP contribution >= 0.6 is 0 Å². The maximum Gasteiger partial charge on any atom is 0.254 e. The van der Waals surface area contributed by atoms with E-state index in [0.717, 1.165) is 24.5 Å². The van der Waals surface area contributed by atoms with Crippen LogP contribution in [0.4, 0.5) is 5.82 Å². The highest BCUT2D eigenvalue weighted by atomic mass is 16.3. The molecule has 0 aliphatic carbocycles. The summed E-state index contributed by atoms with van der Waals surface area (Å²) in [5, 5.41) is 12.3. The second-order valence-electron chi connectivity index (χ2n) is 4.56. The van der Waals surface area contributed by atoms with Crippen LogP contribution in [0.25, 0.3) is 0 Å². The summed E-state index contributed by atoms with van der Waals surface area (Å²) in [5.41, 5.74) is 1.48. The van der Waals surface area contributed by atoms with Crippen molar-refractivity contribution in [3.05, 3.63) is 23.4 Å². The van der Waals surface area contributed by atoms with Crippen LogP contribution in [0.2, 0.25) is 0 Å². The highest BCUT2D eigenvalue weighted by molar-refractivity contribution is 5.95. The molecule has 0 aromatic carbocycles. The van der Waals surface area contributed by atoms with Crippen LogP contribution in [0.5, 0.6) is 0 Å². The third kappa shape index (κ3) is 3.92. The van der Waals surface area contributed by atoms with Crippen LogP contribution in [-0.4, -0.2) is 47.1 Å². The highest BCUT2D eigenvalue weighted by Gasteiger charge is 2.18. The maximum absolute atomic E-state index is 12.3. The molecule has 0 aliphatic rings. The van der Waals surface area contributed by atoms with Crippen molar-refractivity contribution < 1.29 is 9.90 Å². The van der Waals surface area contributed by atoms with E-state index in [2.05, 4.69) is 10.3 Å². The van der Waals surface area contributed by atoms with Crippen LogP contribution in [0.15, 0.2) is 12.1 Å². The fourth-order valence-electron chi connectivity index (χ4n) is 1.69. The monoisotopic (exact) mass is 265 g/mol. The number of aromatic nitrogens is 1. The van der Waals surface area contributed by atoms with E-state index in [9.17, 15) is 4.79 Å². The van der Waals surface area contributed by atoms with Crippen LogP contribution in [-0.2, 0) is 6.42 Å². The van der Waals surface area contributed by atoms with Crippen molar-refractivity contribution in [3.8, 4) is 0 Å². The molecule has 0 fully saturated rings. The van der Waals surface area contributed by atoms with Crippen molar-refractivity contribution in [2.45, 2.75) is 33.2 Å². The molecule has 0 saturated heterocycles. The molecule has 0 spiro atoms. The molecular weight excluding hydrogens is 242 g/mol. The molecular formula is C14H23N3O2. The van der Waals surface area contributed by atoms with Crippen LogP contribution in [0.3, 0.4) is 0 Å². The number of hydrogen-bond donors (Lipinski definition) is 2. The van der Waals surface area contributed by atoms with Gasteiger partial charge in [0.05, 0.1) is 12.6 Å². The maximum atomic E-state index is 12.3. The number of carbonyl (C=O) groups is 1. The molecule has 5 heteroatoms. The number of anilines is 1. The van der Waals surface area contributed by atoms with Crippen molar-refractivity contribution in [1.82, 2.24) is 9.88 Å². The van der Waals surface area contributed by atoms with Crippen molar-refractivity contribution in [1.29, 1.82) is 0 Å². The molecule has 0 saturated carbocycles. The number of amides is 1. The van der Waals surface area contributed by atoms with E-state index in [-0.39, 0.29) is 18.6 Å². The van der Waals surface area contributed by atoms with E-state index in [1.807, 2.05) is 26.8 Å². The molecule has 19 heavy (non-hydrogen) atoms. The first-order valence-electron chi connectivity index (χ1n) is 6.66. The molecule has 1 unspecified atom stereocenters. The lowest BCUT2D eigenvalue weighted by Crippen LogP contribution is -2.37. The number of nitrogens with one attached hydrogen (secondary N) is 1. The molecule has 1 atom stereocenters. The minimum atomic E-state index is -0.201. The Kier molecular flexibility index (Phi) is 5.76. The van der Waals surface area contributed by atoms with Gasteiger partial charge in [0.15, 0.2) is 0 Å². The second-order valence-corrected chi connectivity index (χ2v) is 4.56. The lowest BCUT2D eigenvalue weighted by atomic mass is 10.1. The molecule has 1 aromatic heterocycles. The fourth-order valence-corrected chi connectivity index (χ4v) is 1.69. The van der Waals surface area contributed by atoms with Gasteiger partial charge in [0, 0.05) is 24.8 Å². The number of pyridine rings is 1. The van der Waals surface area contributed by atoms with Crippen LogP contribution in [0.1, 0.15) is 36.8 Å². The molecule has 1 heterocycles. The van der Waals surface area contributed by atoms with Crippen molar-refractivity contribution in [3.63, 3.8) is 0 Å². The Morgan fingerprint density at radius 2 is 2.16 bits per heavy atom. The van der Waals surface area contributed by atoms with E-state index in [1.54, 1.807) is 18.0 Å². The molecule has 106 valence electrons. The Morgan fingerprint density at radius 3 is 2.68 bits per heavy atom. The number of likely N-dealkylation sites (N-methyl/N-ethyl adjacent to an activating group) is 1. The zero-order chi connectivity index (χ0) is 14.4. The van der Waals surface area contributed by atoms with E-state index in [0.29, 0.717) is 5.56 Å². The van der Waals surface area contributed by atoms with Gasteiger partial charge in [0.1, 0.15) is 5.82 Å². The number of rotatable bonds is 6. The zero-order valence-corrected chi connectivity index (χ0v) is 12.1. The molecule has 1 amide bonds. The van der Waals surface area contributed by atoms with E-state index in [4.69, 9.17) is 5.11 Å². The summed E-state index contributed by atoms with van der Waals surface area (Å²) in [7, 11) is 1.70. The van der Waals surface area contributed by atoms with Crippen molar-refractivity contribution in [2.75, 3.05) is 25.5 Å². The minimum Gasteiger partial charge on any atom is -0.394 e. The van der Waals surface area contributed by atoms with Gasteiger partial charge in [-0.15, -0.1) is 0 Å². The molecule has 5 nitrogen and oxygen atoms in total. The third-order valence-corrected chi connectivity index (χ3v) is 3.09. The van der Waals surface area contributed by atoms with Gasteiger partial charge in [-0.2, -0.15) is 0 Å². The summed E-state index contributed by atoms with van der Waals surface area (Å²) in [6.07, 6.45) is 0.777. The second kappa shape index (κ2) is 7.09. The van der Waals surface area contributed by atoms with Gasteiger partial charge in [-0.3, -0.25) is 4.79 Å². The Labute approximate surface area is 114 Å². The Bertz CT molecular complexity index is 435. The van der Waals surface area contributed by atoms with E-state index >= 15 is 0 Å². The van der Waals surface area contributed by atoms with Crippen molar-refractivity contribution in [2.24, 2.45) is 0 Å². The highest BCUT2D eigenvalue weighted by Crippen LogP contribution is 2.14. The Morgan fingerprint density at radius 1 is 1.47 bits per heavy atom. The predicted octanol–water partition coefficient (Wildman–Crippen LogP) is 1.53.